The van der Waals surface area contributed by atoms with Crippen molar-refractivity contribution >= 4 is 0 Å². The first-order chi connectivity index (χ1) is 6.42. The van der Waals surface area contributed by atoms with Crippen LogP contribution >= 0.6 is 0 Å². The van der Waals surface area contributed by atoms with Crippen molar-refractivity contribution in [3.8, 4) is 0 Å². The van der Waals surface area contributed by atoms with Gasteiger partial charge in [0.25, 0.3) is 0 Å². The number of ether oxygens (including phenoxy) is 1. The summed E-state index contributed by atoms with van der Waals surface area (Å²) in [7, 11) is 1.84. The zero-order valence-electron chi connectivity index (χ0n) is 8.59. The zero-order chi connectivity index (χ0) is 9.10. The molecule has 1 aliphatic carbocycles. The molecule has 76 valence electrons. The number of rotatable bonds is 4. The third kappa shape index (κ3) is 2.05. The average molecular weight is 183 g/mol. The highest BCUT2D eigenvalue weighted by atomic mass is 16.5. The number of methoxy groups -OCH3 is 1. The summed E-state index contributed by atoms with van der Waals surface area (Å²) < 4.78 is 5.35. The molecule has 0 amide bonds. The molecule has 1 saturated heterocycles. The second-order valence-electron chi connectivity index (χ2n) is 4.58. The third-order valence-corrected chi connectivity index (χ3v) is 3.78. The molecular formula is C11H21NO. The van der Waals surface area contributed by atoms with Crippen molar-refractivity contribution in [2.24, 2.45) is 17.8 Å². The lowest BCUT2D eigenvalue weighted by atomic mass is 9.78. The second-order valence-corrected chi connectivity index (χ2v) is 4.58. The molecule has 0 radical (unpaired) electrons. The summed E-state index contributed by atoms with van der Waals surface area (Å²) in [6.07, 6.45) is 5.80. The first-order valence-electron chi connectivity index (χ1n) is 5.61. The lowest BCUT2D eigenvalue weighted by Gasteiger charge is -2.37. The number of nitrogens with one attached hydrogen (secondary N) is 1. The summed E-state index contributed by atoms with van der Waals surface area (Å²) in [5, 5.41) is 3.37. The van der Waals surface area contributed by atoms with E-state index in [1.54, 1.807) is 0 Å². The van der Waals surface area contributed by atoms with E-state index < -0.39 is 0 Å². The van der Waals surface area contributed by atoms with Crippen molar-refractivity contribution in [2.75, 3.05) is 26.8 Å². The van der Waals surface area contributed by atoms with E-state index in [2.05, 4.69) is 5.32 Å². The summed E-state index contributed by atoms with van der Waals surface area (Å²) in [6.45, 7) is 3.44. The van der Waals surface area contributed by atoms with Crippen LogP contribution in [-0.4, -0.2) is 26.8 Å². The third-order valence-electron chi connectivity index (χ3n) is 3.78. The van der Waals surface area contributed by atoms with Gasteiger partial charge in [0.1, 0.15) is 0 Å². The van der Waals surface area contributed by atoms with Crippen molar-refractivity contribution in [3.05, 3.63) is 0 Å². The fraction of sp³-hybridized carbons (Fsp3) is 1.00. The molecule has 0 aromatic rings. The van der Waals surface area contributed by atoms with E-state index in [0.29, 0.717) is 0 Å². The molecule has 1 heterocycles. The Morgan fingerprint density at radius 3 is 2.38 bits per heavy atom. The van der Waals surface area contributed by atoms with Gasteiger partial charge in [-0.1, -0.05) is 25.7 Å². The Morgan fingerprint density at radius 1 is 1.23 bits per heavy atom. The summed E-state index contributed by atoms with van der Waals surface area (Å²) in [5.74, 6) is 2.71. The highest BCUT2D eigenvalue weighted by Gasteiger charge is 2.34. The first kappa shape index (κ1) is 9.47. The molecule has 1 unspecified atom stereocenters. The molecule has 2 aliphatic rings. The molecule has 2 nitrogen and oxygen atoms in total. The van der Waals surface area contributed by atoms with E-state index >= 15 is 0 Å². The van der Waals surface area contributed by atoms with E-state index in [-0.39, 0.29) is 0 Å². The van der Waals surface area contributed by atoms with Crippen LogP contribution in [0.1, 0.15) is 25.7 Å². The van der Waals surface area contributed by atoms with Gasteiger partial charge < -0.3 is 10.1 Å². The molecule has 13 heavy (non-hydrogen) atoms. The predicted octanol–water partition coefficient (Wildman–Crippen LogP) is 1.66. The van der Waals surface area contributed by atoms with Crippen LogP contribution in [0, 0.1) is 17.8 Å². The molecule has 1 aliphatic heterocycles. The fourth-order valence-corrected chi connectivity index (χ4v) is 2.85. The van der Waals surface area contributed by atoms with Crippen LogP contribution in [0.15, 0.2) is 0 Å². The molecule has 0 aromatic heterocycles. The lowest BCUT2D eigenvalue weighted by molar-refractivity contribution is 0.0622. The zero-order valence-corrected chi connectivity index (χ0v) is 8.59. The molecular weight excluding hydrogens is 162 g/mol. The Bertz CT molecular complexity index is 150. The molecule has 2 rings (SSSR count). The summed E-state index contributed by atoms with van der Waals surface area (Å²) >= 11 is 0. The maximum atomic E-state index is 5.35. The Labute approximate surface area is 81.0 Å². The molecule has 1 N–H and O–H groups in total. The molecule has 0 spiro atoms. The fourth-order valence-electron chi connectivity index (χ4n) is 2.85. The molecule has 0 bridgehead atoms. The average Bonchev–Trinajstić information content (AvgIpc) is 2.51. The standard InChI is InChI=1S/C11H21NO/c1-13-8-11(10-6-12-7-10)9-4-2-3-5-9/h9-12H,2-8H2,1H3. The van der Waals surface area contributed by atoms with Gasteiger partial charge in [0.05, 0.1) is 0 Å². The van der Waals surface area contributed by atoms with Crippen LogP contribution in [0.3, 0.4) is 0 Å². The van der Waals surface area contributed by atoms with Crippen LogP contribution in [0.4, 0.5) is 0 Å². The smallest absolute Gasteiger partial charge is 0.0496 e. The maximum Gasteiger partial charge on any atom is 0.0496 e. The van der Waals surface area contributed by atoms with Gasteiger partial charge in [0.2, 0.25) is 0 Å². The van der Waals surface area contributed by atoms with Gasteiger partial charge in [-0.2, -0.15) is 0 Å². The molecule has 1 saturated carbocycles. The van der Waals surface area contributed by atoms with Crippen molar-refractivity contribution in [3.63, 3.8) is 0 Å². The summed E-state index contributed by atoms with van der Waals surface area (Å²) in [4.78, 5) is 0. The quantitative estimate of drug-likeness (QED) is 0.715. The summed E-state index contributed by atoms with van der Waals surface area (Å²) in [5.41, 5.74) is 0. The van der Waals surface area contributed by atoms with Gasteiger partial charge in [-0.3, -0.25) is 0 Å². The van der Waals surface area contributed by atoms with Crippen LogP contribution in [-0.2, 0) is 4.74 Å². The minimum atomic E-state index is 0.841. The minimum Gasteiger partial charge on any atom is -0.384 e. The Morgan fingerprint density at radius 2 is 1.92 bits per heavy atom. The maximum absolute atomic E-state index is 5.35. The highest BCUT2D eigenvalue weighted by molar-refractivity contribution is 4.87. The largest absolute Gasteiger partial charge is 0.384 e. The number of hydrogen-bond acceptors (Lipinski definition) is 2. The Hall–Kier alpha value is -0.0800. The van der Waals surface area contributed by atoms with Gasteiger partial charge in [-0.25, -0.2) is 0 Å². The van der Waals surface area contributed by atoms with Gasteiger partial charge in [-0.05, 0) is 30.8 Å². The Kier molecular flexibility index (Phi) is 3.23. The van der Waals surface area contributed by atoms with Crippen molar-refractivity contribution in [2.45, 2.75) is 25.7 Å². The van der Waals surface area contributed by atoms with Crippen molar-refractivity contribution in [1.29, 1.82) is 0 Å². The van der Waals surface area contributed by atoms with Crippen LogP contribution < -0.4 is 5.32 Å². The van der Waals surface area contributed by atoms with Gasteiger partial charge in [0, 0.05) is 13.7 Å². The van der Waals surface area contributed by atoms with Gasteiger partial charge in [0.15, 0.2) is 0 Å². The van der Waals surface area contributed by atoms with E-state index in [1.165, 1.54) is 38.8 Å². The first-order valence-corrected chi connectivity index (χ1v) is 5.61. The molecule has 2 heteroatoms. The van der Waals surface area contributed by atoms with Crippen molar-refractivity contribution in [1.82, 2.24) is 5.32 Å². The van der Waals surface area contributed by atoms with E-state index in [1.807, 2.05) is 7.11 Å². The van der Waals surface area contributed by atoms with E-state index in [0.717, 1.165) is 24.4 Å². The predicted molar refractivity (Wildman–Crippen MR) is 53.7 cm³/mol. The van der Waals surface area contributed by atoms with Gasteiger partial charge in [-0.15, -0.1) is 0 Å². The van der Waals surface area contributed by atoms with Gasteiger partial charge >= 0.3 is 0 Å². The second kappa shape index (κ2) is 4.43. The molecule has 2 fully saturated rings. The van der Waals surface area contributed by atoms with Crippen LogP contribution in [0.2, 0.25) is 0 Å². The minimum absolute atomic E-state index is 0.841. The topological polar surface area (TPSA) is 21.3 Å². The number of hydrogen-bond donors (Lipinski definition) is 1. The van der Waals surface area contributed by atoms with E-state index in [9.17, 15) is 0 Å². The van der Waals surface area contributed by atoms with Crippen LogP contribution in [0.25, 0.3) is 0 Å². The SMILES string of the molecule is COCC(C1CCCC1)C1CNC1. The monoisotopic (exact) mass is 183 g/mol. The van der Waals surface area contributed by atoms with Crippen LogP contribution in [0.5, 0.6) is 0 Å². The van der Waals surface area contributed by atoms with Crippen molar-refractivity contribution < 1.29 is 4.74 Å². The highest BCUT2D eigenvalue weighted by Crippen LogP contribution is 2.36. The summed E-state index contributed by atoms with van der Waals surface area (Å²) in [6, 6.07) is 0. The van der Waals surface area contributed by atoms with E-state index in [4.69, 9.17) is 4.74 Å². The molecule has 1 atom stereocenters. The lowest BCUT2D eigenvalue weighted by Crippen LogP contribution is -2.49. The molecule has 0 aromatic carbocycles. The Balaban J connectivity index is 1.86. The normalized spacial score (nSPS) is 27.5.